The number of hydrazine groups is 1. The van der Waals surface area contributed by atoms with E-state index in [9.17, 15) is 0 Å². The summed E-state index contributed by atoms with van der Waals surface area (Å²) in [7, 11) is 0. The number of rotatable bonds is 1. The fourth-order valence-corrected chi connectivity index (χ4v) is 0.0762. The van der Waals surface area contributed by atoms with Gasteiger partial charge in [-0.15, -0.1) is 0 Å². The second kappa shape index (κ2) is 2.14. The van der Waals surface area contributed by atoms with Crippen molar-refractivity contribution in [2.45, 2.75) is 0 Å². The van der Waals surface area contributed by atoms with Crippen LogP contribution in [0.4, 0.5) is 0 Å². The Labute approximate surface area is 41.1 Å². The van der Waals surface area contributed by atoms with Crippen molar-refractivity contribution in [3.63, 3.8) is 0 Å². The Bertz CT molecular complexity index is 86.1. The lowest BCUT2D eigenvalue weighted by molar-refractivity contribution is 0.466. The van der Waals surface area contributed by atoms with Crippen LogP contribution in [0.3, 0.4) is 0 Å². The Balaban J connectivity index is 3.55. The van der Waals surface area contributed by atoms with Gasteiger partial charge in [-0.2, -0.15) is 10.2 Å². The average molecular weight is 101 g/mol. The molecule has 0 atom stereocenters. The first kappa shape index (κ1) is 5.90. The van der Waals surface area contributed by atoms with Gasteiger partial charge in [0.2, 0.25) is 5.96 Å². The van der Waals surface area contributed by atoms with Crippen molar-refractivity contribution in [3.05, 3.63) is 0 Å². The molecule has 0 aromatic carbocycles. The first-order valence-electron chi connectivity index (χ1n) is 1.54. The maximum absolute atomic E-state index is 6.55. The van der Waals surface area contributed by atoms with Crippen LogP contribution in [0.1, 0.15) is 0 Å². The predicted molar refractivity (Wildman–Crippen MR) is 27.5 cm³/mol. The van der Waals surface area contributed by atoms with Crippen molar-refractivity contribution in [2.24, 2.45) is 16.7 Å². The molecule has 0 saturated carbocycles. The molecule has 40 valence electrons. The van der Waals surface area contributed by atoms with Crippen molar-refractivity contribution in [3.8, 4) is 0 Å². The summed E-state index contributed by atoms with van der Waals surface area (Å²) < 4.78 is 0. The van der Waals surface area contributed by atoms with Crippen molar-refractivity contribution in [1.29, 1.82) is 5.41 Å². The number of nitrogens with two attached hydrogens (primary N) is 2. The van der Waals surface area contributed by atoms with E-state index in [1.165, 1.54) is 0 Å². The van der Waals surface area contributed by atoms with E-state index in [1.54, 1.807) is 0 Å². The molecule has 0 unspecified atom stereocenters. The monoisotopic (exact) mass is 101 g/mol. The normalized spacial score (nSPS) is 7.57. The zero-order valence-electron chi connectivity index (χ0n) is 3.76. The number of nitrogens with one attached hydrogen (secondary N) is 1. The van der Waals surface area contributed by atoms with Gasteiger partial charge in [0.15, 0.2) is 0 Å². The SMILES string of the molecule is C=NN(N)C(=N)N. The molecule has 7 heavy (non-hydrogen) atoms. The van der Waals surface area contributed by atoms with E-state index in [-0.39, 0.29) is 5.96 Å². The molecule has 5 nitrogen and oxygen atoms in total. The van der Waals surface area contributed by atoms with Gasteiger partial charge in [-0.3, -0.25) is 5.41 Å². The summed E-state index contributed by atoms with van der Waals surface area (Å²) in [4.78, 5) is 0. The molecule has 0 radical (unpaired) electrons. The summed E-state index contributed by atoms with van der Waals surface area (Å²) in [5.74, 6) is 4.55. The highest BCUT2D eigenvalue weighted by Crippen LogP contribution is 1.67. The van der Waals surface area contributed by atoms with E-state index >= 15 is 0 Å². The second-order valence-corrected chi connectivity index (χ2v) is 0.871. The van der Waals surface area contributed by atoms with Gasteiger partial charge in [0.05, 0.1) is 0 Å². The average Bonchev–Trinajstić information content (AvgIpc) is 1.65. The fourth-order valence-electron chi connectivity index (χ4n) is 0.0762. The van der Waals surface area contributed by atoms with Crippen LogP contribution >= 0.6 is 0 Å². The van der Waals surface area contributed by atoms with Crippen LogP contribution < -0.4 is 11.6 Å². The number of hydrazone groups is 1. The largest absolute Gasteiger partial charge is 0.367 e. The summed E-state index contributed by atoms with van der Waals surface area (Å²) in [6, 6.07) is 0. The molecule has 0 aliphatic carbocycles. The smallest absolute Gasteiger partial charge is 0.224 e. The summed E-state index contributed by atoms with van der Waals surface area (Å²) >= 11 is 0. The number of guanidine groups is 1. The van der Waals surface area contributed by atoms with Crippen molar-refractivity contribution < 1.29 is 0 Å². The van der Waals surface area contributed by atoms with Crippen molar-refractivity contribution in [2.75, 3.05) is 0 Å². The molecule has 5 N–H and O–H groups in total. The fraction of sp³-hybridized carbons (Fsp3) is 0. The van der Waals surface area contributed by atoms with Crippen LogP contribution in [-0.4, -0.2) is 17.8 Å². The van der Waals surface area contributed by atoms with E-state index in [2.05, 4.69) is 11.8 Å². The van der Waals surface area contributed by atoms with Gasteiger partial charge in [-0.25, -0.2) is 5.84 Å². The third kappa shape index (κ3) is 1.72. The molecule has 0 aliphatic rings. The third-order valence-electron chi connectivity index (χ3n) is 0.399. The van der Waals surface area contributed by atoms with E-state index < -0.39 is 0 Å². The summed E-state index contributed by atoms with van der Waals surface area (Å²) in [5, 5.41) is 10.3. The van der Waals surface area contributed by atoms with E-state index in [0.29, 0.717) is 5.12 Å². The minimum absolute atomic E-state index is 0.324. The lowest BCUT2D eigenvalue weighted by Gasteiger charge is -2.04. The first-order valence-corrected chi connectivity index (χ1v) is 1.54. The summed E-state index contributed by atoms with van der Waals surface area (Å²) in [5.41, 5.74) is 4.80. The van der Waals surface area contributed by atoms with Crippen LogP contribution in [0.2, 0.25) is 0 Å². The van der Waals surface area contributed by atoms with E-state index in [4.69, 9.17) is 17.0 Å². The maximum atomic E-state index is 6.55. The number of hydrogen-bond acceptors (Lipinski definition) is 3. The minimum atomic E-state index is -0.324. The zero-order valence-corrected chi connectivity index (χ0v) is 3.76. The van der Waals surface area contributed by atoms with E-state index in [0.717, 1.165) is 0 Å². The second-order valence-electron chi connectivity index (χ2n) is 0.871. The molecule has 0 spiro atoms. The topological polar surface area (TPSA) is 91.5 Å². The highest BCUT2D eigenvalue weighted by atomic mass is 15.7. The Morgan fingerprint density at radius 2 is 2.29 bits per heavy atom. The van der Waals surface area contributed by atoms with Crippen LogP contribution in [0.15, 0.2) is 5.10 Å². The standard InChI is InChI=1S/C2H7N5/c1-6-7(5)2(3)4/h1,5H2,(H3,3,4). The van der Waals surface area contributed by atoms with Crippen molar-refractivity contribution in [1.82, 2.24) is 5.12 Å². The molecule has 0 aromatic heterocycles. The van der Waals surface area contributed by atoms with Gasteiger partial charge in [0, 0.05) is 6.72 Å². The summed E-state index contributed by atoms with van der Waals surface area (Å²) in [6.45, 7) is 3.01. The van der Waals surface area contributed by atoms with Crippen molar-refractivity contribution >= 4 is 12.7 Å². The minimum Gasteiger partial charge on any atom is -0.367 e. The molecule has 5 heteroatoms. The summed E-state index contributed by atoms with van der Waals surface area (Å²) in [6.07, 6.45) is 0. The molecule has 0 saturated heterocycles. The molecule has 0 heterocycles. The van der Waals surface area contributed by atoms with E-state index in [1.807, 2.05) is 0 Å². The van der Waals surface area contributed by atoms with Gasteiger partial charge in [-0.1, -0.05) is 0 Å². The Kier molecular flexibility index (Phi) is 1.80. The molecule has 0 amide bonds. The van der Waals surface area contributed by atoms with Crippen LogP contribution in [-0.2, 0) is 0 Å². The van der Waals surface area contributed by atoms with Gasteiger partial charge in [0.25, 0.3) is 0 Å². The zero-order chi connectivity index (χ0) is 5.86. The van der Waals surface area contributed by atoms with Crippen LogP contribution in [0.5, 0.6) is 0 Å². The van der Waals surface area contributed by atoms with Gasteiger partial charge in [0.1, 0.15) is 0 Å². The van der Waals surface area contributed by atoms with Gasteiger partial charge >= 0.3 is 0 Å². The molecule has 0 aromatic rings. The lowest BCUT2D eigenvalue weighted by atomic mass is 11.1. The Hall–Kier alpha value is -1.10. The molecular weight excluding hydrogens is 94.1 g/mol. The molecule has 0 rings (SSSR count). The number of hydrogen-bond donors (Lipinski definition) is 3. The molecular formula is C2H7N5. The molecule has 0 aliphatic heterocycles. The molecule has 0 fully saturated rings. The quantitative estimate of drug-likeness (QED) is 0.165. The van der Waals surface area contributed by atoms with Gasteiger partial charge < -0.3 is 5.73 Å². The van der Waals surface area contributed by atoms with Gasteiger partial charge in [-0.05, 0) is 0 Å². The molecule has 0 bridgehead atoms. The number of nitrogens with zero attached hydrogens (tertiary/aromatic N) is 2. The third-order valence-corrected chi connectivity index (χ3v) is 0.399. The maximum Gasteiger partial charge on any atom is 0.224 e. The van der Waals surface area contributed by atoms with Crippen LogP contribution in [0.25, 0.3) is 0 Å². The van der Waals surface area contributed by atoms with Crippen LogP contribution in [0, 0.1) is 5.41 Å². The Morgan fingerprint density at radius 1 is 1.86 bits per heavy atom. The lowest BCUT2D eigenvalue weighted by Crippen LogP contribution is -2.37. The predicted octanol–water partition coefficient (Wildman–Crippen LogP) is -1.33. The highest BCUT2D eigenvalue weighted by molar-refractivity contribution is 5.73. The first-order chi connectivity index (χ1) is 3.18. The Morgan fingerprint density at radius 3 is 2.29 bits per heavy atom. The highest BCUT2D eigenvalue weighted by Gasteiger charge is 1.89.